The molecule has 4 nitrogen and oxygen atoms in total. The van der Waals surface area contributed by atoms with E-state index in [-0.39, 0.29) is 11.7 Å². The molecule has 0 radical (unpaired) electrons. The summed E-state index contributed by atoms with van der Waals surface area (Å²) in [4.78, 5) is 2.12. The predicted molar refractivity (Wildman–Crippen MR) is 122 cm³/mol. The van der Waals surface area contributed by atoms with Crippen molar-refractivity contribution in [3.8, 4) is 0 Å². The average molecular weight is 464 g/mol. The van der Waals surface area contributed by atoms with Crippen LogP contribution in [0, 0.1) is 11.7 Å². The standard InChI is InChI=1S/C24H30FNO3S2/c1-16(2)21-13-19-4-3-18-5-6-20(25)14-22(18)30-23(19)15-24(21)31(27,28)26-10-7-17-8-11-29-12-9-17/h5-6,13-17,26H,3-4,7-12H2,1-2H3. The van der Waals surface area contributed by atoms with E-state index in [2.05, 4.69) is 4.72 Å². The van der Waals surface area contributed by atoms with Crippen LogP contribution in [0.4, 0.5) is 4.39 Å². The number of benzene rings is 2. The second-order valence-electron chi connectivity index (χ2n) is 8.75. The van der Waals surface area contributed by atoms with Crippen LogP contribution < -0.4 is 4.72 Å². The van der Waals surface area contributed by atoms with Gasteiger partial charge >= 0.3 is 0 Å². The summed E-state index contributed by atoms with van der Waals surface area (Å²) in [5.74, 6) is 0.326. The quantitative estimate of drug-likeness (QED) is 0.632. The van der Waals surface area contributed by atoms with Gasteiger partial charge in [-0.15, -0.1) is 0 Å². The first-order chi connectivity index (χ1) is 14.8. The molecule has 7 heteroatoms. The van der Waals surface area contributed by atoms with E-state index >= 15 is 0 Å². The van der Waals surface area contributed by atoms with Crippen LogP contribution in [0.2, 0.25) is 0 Å². The van der Waals surface area contributed by atoms with E-state index in [1.165, 1.54) is 17.8 Å². The maximum Gasteiger partial charge on any atom is 0.240 e. The van der Waals surface area contributed by atoms with Crippen molar-refractivity contribution in [3.05, 3.63) is 52.8 Å². The molecule has 0 saturated carbocycles. The van der Waals surface area contributed by atoms with Gasteiger partial charge in [-0.2, -0.15) is 0 Å². The minimum Gasteiger partial charge on any atom is -0.381 e. The lowest BCUT2D eigenvalue weighted by Crippen LogP contribution is -2.28. The minimum absolute atomic E-state index is 0.0837. The van der Waals surface area contributed by atoms with E-state index in [1.807, 2.05) is 26.0 Å². The van der Waals surface area contributed by atoms with Gasteiger partial charge in [0.15, 0.2) is 0 Å². The van der Waals surface area contributed by atoms with E-state index in [4.69, 9.17) is 4.74 Å². The highest BCUT2D eigenvalue weighted by molar-refractivity contribution is 7.99. The molecule has 1 N–H and O–H groups in total. The fourth-order valence-corrected chi connectivity index (χ4v) is 7.00. The van der Waals surface area contributed by atoms with Gasteiger partial charge in [-0.1, -0.05) is 37.7 Å². The number of nitrogens with one attached hydrogen (secondary N) is 1. The summed E-state index contributed by atoms with van der Waals surface area (Å²) >= 11 is 1.47. The Morgan fingerprint density at radius 2 is 1.81 bits per heavy atom. The van der Waals surface area contributed by atoms with E-state index in [9.17, 15) is 12.8 Å². The SMILES string of the molecule is CC(C)c1cc2c(cc1S(=O)(=O)NCCC1CCOCC1)Sc1cc(F)ccc1CC2. The van der Waals surface area contributed by atoms with Crippen molar-refractivity contribution in [1.29, 1.82) is 0 Å². The Bertz CT molecular complexity index is 1050. The molecular weight excluding hydrogens is 433 g/mol. The molecule has 0 atom stereocenters. The molecular formula is C24H30FNO3S2. The number of hydrogen-bond acceptors (Lipinski definition) is 4. The van der Waals surface area contributed by atoms with Gasteiger partial charge in [-0.05, 0) is 78.8 Å². The predicted octanol–water partition coefficient (Wildman–Crippen LogP) is 5.29. The van der Waals surface area contributed by atoms with Gasteiger partial charge in [-0.25, -0.2) is 17.5 Å². The van der Waals surface area contributed by atoms with E-state index < -0.39 is 10.0 Å². The molecule has 168 valence electrons. The van der Waals surface area contributed by atoms with Crippen LogP contribution in [0.3, 0.4) is 0 Å². The second kappa shape index (κ2) is 9.61. The van der Waals surface area contributed by atoms with Crippen molar-refractivity contribution in [3.63, 3.8) is 0 Å². The van der Waals surface area contributed by atoms with Gasteiger partial charge in [0.2, 0.25) is 10.0 Å². The monoisotopic (exact) mass is 463 g/mol. The van der Waals surface area contributed by atoms with Gasteiger partial charge in [0.1, 0.15) is 5.82 Å². The third-order valence-electron chi connectivity index (χ3n) is 6.20. The molecule has 2 aromatic carbocycles. The molecule has 0 spiro atoms. The first kappa shape index (κ1) is 22.8. The Morgan fingerprint density at radius 3 is 2.55 bits per heavy atom. The highest BCUT2D eigenvalue weighted by Crippen LogP contribution is 2.40. The Labute approximate surface area is 189 Å². The molecule has 2 aliphatic heterocycles. The summed E-state index contributed by atoms with van der Waals surface area (Å²) in [5, 5.41) is 0. The molecule has 0 aromatic heterocycles. The number of ether oxygens (including phenoxy) is 1. The van der Waals surface area contributed by atoms with Crippen LogP contribution in [0.25, 0.3) is 0 Å². The molecule has 31 heavy (non-hydrogen) atoms. The molecule has 0 amide bonds. The number of rotatable bonds is 6. The minimum atomic E-state index is -3.64. The largest absolute Gasteiger partial charge is 0.381 e. The topological polar surface area (TPSA) is 55.4 Å². The number of aryl methyl sites for hydroxylation is 2. The van der Waals surface area contributed by atoms with Crippen molar-refractivity contribution >= 4 is 21.8 Å². The Hall–Kier alpha value is -1.41. The summed E-state index contributed by atoms with van der Waals surface area (Å²) in [6.45, 7) is 6.01. The lowest BCUT2D eigenvalue weighted by Gasteiger charge is -2.22. The van der Waals surface area contributed by atoms with Gasteiger partial charge in [-0.3, -0.25) is 0 Å². The first-order valence-electron chi connectivity index (χ1n) is 11.0. The van der Waals surface area contributed by atoms with Crippen molar-refractivity contribution < 1.29 is 17.5 Å². The first-order valence-corrected chi connectivity index (χ1v) is 13.3. The van der Waals surface area contributed by atoms with E-state index in [1.54, 1.807) is 12.1 Å². The fraction of sp³-hybridized carbons (Fsp3) is 0.500. The summed E-state index contributed by atoms with van der Waals surface area (Å²) in [6, 6.07) is 8.72. The molecule has 1 saturated heterocycles. The highest BCUT2D eigenvalue weighted by atomic mass is 32.2. The van der Waals surface area contributed by atoms with Crippen LogP contribution in [-0.4, -0.2) is 28.2 Å². The number of fused-ring (bicyclic) bond motifs is 2. The van der Waals surface area contributed by atoms with Crippen LogP contribution in [0.5, 0.6) is 0 Å². The lowest BCUT2D eigenvalue weighted by molar-refractivity contribution is 0.0644. The number of sulfonamides is 1. The van der Waals surface area contributed by atoms with Crippen molar-refractivity contribution in [2.24, 2.45) is 5.92 Å². The highest BCUT2D eigenvalue weighted by Gasteiger charge is 2.25. The summed E-state index contributed by atoms with van der Waals surface area (Å²) < 4.78 is 48.6. The fourth-order valence-electron chi connectivity index (χ4n) is 4.33. The van der Waals surface area contributed by atoms with E-state index in [0.717, 1.165) is 71.8 Å². The second-order valence-corrected chi connectivity index (χ2v) is 11.6. The number of halogens is 1. The lowest BCUT2D eigenvalue weighted by atomic mass is 9.97. The smallest absolute Gasteiger partial charge is 0.240 e. The summed E-state index contributed by atoms with van der Waals surface area (Å²) in [7, 11) is -3.64. The zero-order chi connectivity index (χ0) is 22.0. The van der Waals surface area contributed by atoms with Gasteiger partial charge in [0.05, 0.1) is 4.90 Å². The Kier molecular flexibility index (Phi) is 7.06. The van der Waals surface area contributed by atoms with Crippen molar-refractivity contribution in [2.75, 3.05) is 19.8 Å². The van der Waals surface area contributed by atoms with Crippen LogP contribution in [-0.2, 0) is 27.6 Å². The van der Waals surface area contributed by atoms with Gasteiger partial charge < -0.3 is 4.74 Å². The number of hydrogen-bond donors (Lipinski definition) is 1. The molecule has 2 heterocycles. The Morgan fingerprint density at radius 1 is 1.10 bits per heavy atom. The van der Waals surface area contributed by atoms with Crippen molar-refractivity contribution in [2.45, 2.75) is 66.6 Å². The van der Waals surface area contributed by atoms with Gasteiger partial charge in [0, 0.05) is 29.5 Å². The normalized spacial score (nSPS) is 17.3. The third kappa shape index (κ3) is 5.33. The third-order valence-corrected chi connectivity index (χ3v) is 8.92. The molecule has 2 aromatic rings. The maximum absolute atomic E-state index is 13.8. The van der Waals surface area contributed by atoms with E-state index in [0.29, 0.717) is 17.4 Å². The molecule has 2 aliphatic rings. The molecule has 0 aliphatic carbocycles. The molecule has 0 unspecified atom stereocenters. The average Bonchev–Trinajstić information content (AvgIpc) is 2.91. The van der Waals surface area contributed by atoms with Gasteiger partial charge in [0.25, 0.3) is 0 Å². The maximum atomic E-state index is 13.8. The van der Waals surface area contributed by atoms with Crippen LogP contribution in [0.15, 0.2) is 45.0 Å². The summed E-state index contributed by atoms with van der Waals surface area (Å²) in [5.41, 5.74) is 3.08. The summed E-state index contributed by atoms with van der Waals surface area (Å²) in [6.07, 6.45) is 4.45. The van der Waals surface area contributed by atoms with Crippen LogP contribution in [0.1, 0.15) is 55.7 Å². The zero-order valence-corrected chi connectivity index (χ0v) is 19.8. The molecule has 1 fully saturated rings. The van der Waals surface area contributed by atoms with Crippen molar-refractivity contribution in [1.82, 2.24) is 4.72 Å². The molecule has 0 bridgehead atoms. The zero-order valence-electron chi connectivity index (χ0n) is 18.1. The molecule has 4 rings (SSSR count). The Balaban J connectivity index is 1.60. The van der Waals surface area contributed by atoms with Crippen LogP contribution >= 0.6 is 11.8 Å².